The predicted octanol–water partition coefficient (Wildman–Crippen LogP) is 3.63. The lowest BCUT2D eigenvalue weighted by molar-refractivity contribution is 0.366. The first-order valence-electron chi connectivity index (χ1n) is 6.98. The monoisotopic (exact) mass is 281 g/mol. The predicted molar refractivity (Wildman–Crippen MR) is 84.8 cm³/mol. The van der Waals surface area contributed by atoms with Crippen LogP contribution in [-0.4, -0.2) is 19.7 Å². The molecule has 1 N–H and O–H groups in total. The molecule has 0 spiro atoms. The quantitative estimate of drug-likeness (QED) is 0.779. The van der Waals surface area contributed by atoms with Crippen LogP contribution in [0.1, 0.15) is 26.3 Å². The van der Waals surface area contributed by atoms with E-state index in [9.17, 15) is 0 Å². The van der Waals surface area contributed by atoms with Gasteiger partial charge in [-0.05, 0) is 39.8 Å². The summed E-state index contributed by atoms with van der Waals surface area (Å²) in [4.78, 5) is 8.72. The van der Waals surface area contributed by atoms with Gasteiger partial charge in [-0.25, -0.2) is 14.6 Å². The van der Waals surface area contributed by atoms with E-state index in [1.807, 2.05) is 23.0 Å². The number of aryl methyl sites for hydroxylation is 1. The summed E-state index contributed by atoms with van der Waals surface area (Å²) in [6.07, 6.45) is 3.39. The first kappa shape index (κ1) is 13.5. The maximum Gasteiger partial charge on any atom is 0.163 e. The standard InChI is InChI=1S/C16H19N5/c1-11-5-7-12(8-6-11)20-14-13-9-19-21(16(2,3)4)15(13)18-10-17-14/h5-10H,1-4H3,(H,17,18,20). The Morgan fingerprint density at radius 2 is 1.76 bits per heavy atom. The molecule has 2 aromatic heterocycles. The second-order valence-corrected chi connectivity index (χ2v) is 6.18. The molecule has 0 radical (unpaired) electrons. The van der Waals surface area contributed by atoms with Crippen molar-refractivity contribution in [3.63, 3.8) is 0 Å². The van der Waals surface area contributed by atoms with Gasteiger partial charge in [0, 0.05) is 5.69 Å². The number of hydrogen-bond donors (Lipinski definition) is 1. The van der Waals surface area contributed by atoms with Crippen LogP contribution in [0.5, 0.6) is 0 Å². The Morgan fingerprint density at radius 3 is 2.43 bits per heavy atom. The molecule has 0 aliphatic heterocycles. The second-order valence-electron chi connectivity index (χ2n) is 6.18. The van der Waals surface area contributed by atoms with Gasteiger partial charge in [-0.1, -0.05) is 17.7 Å². The Morgan fingerprint density at radius 1 is 1.05 bits per heavy atom. The van der Waals surface area contributed by atoms with E-state index in [4.69, 9.17) is 0 Å². The third kappa shape index (κ3) is 2.59. The summed E-state index contributed by atoms with van der Waals surface area (Å²) in [5.74, 6) is 0.777. The molecule has 0 bridgehead atoms. The van der Waals surface area contributed by atoms with E-state index >= 15 is 0 Å². The van der Waals surface area contributed by atoms with Gasteiger partial charge < -0.3 is 5.32 Å². The lowest BCUT2D eigenvalue weighted by atomic mass is 10.1. The molecule has 0 saturated carbocycles. The van der Waals surface area contributed by atoms with Gasteiger partial charge in [0.05, 0.1) is 17.1 Å². The van der Waals surface area contributed by atoms with Crippen molar-refractivity contribution in [3.8, 4) is 0 Å². The maximum atomic E-state index is 4.46. The van der Waals surface area contributed by atoms with E-state index in [1.165, 1.54) is 5.56 Å². The molecule has 21 heavy (non-hydrogen) atoms. The summed E-state index contributed by atoms with van der Waals surface area (Å²) < 4.78 is 1.92. The summed E-state index contributed by atoms with van der Waals surface area (Å²) in [6.45, 7) is 8.39. The van der Waals surface area contributed by atoms with Crippen LogP contribution < -0.4 is 5.32 Å². The van der Waals surface area contributed by atoms with Crippen molar-refractivity contribution in [2.45, 2.75) is 33.2 Å². The molecule has 0 fully saturated rings. The van der Waals surface area contributed by atoms with Gasteiger partial charge in [-0.3, -0.25) is 0 Å². The molecule has 3 aromatic rings. The molecule has 108 valence electrons. The SMILES string of the molecule is Cc1ccc(Nc2ncnc3c2cnn3C(C)(C)C)cc1. The van der Waals surface area contributed by atoms with E-state index in [0.29, 0.717) is 0 Å². The Hall–Kier alpha value is -2.43. The highest BCUT2D eigenvalue weighted by molar-refractivity contribution is 5.88. The number of benzene rings is 1. The summed E-state index contributed by atoms with van der Waals surface area (Å²) in [5.41, 5.74) is 2.96. The molecule has 0 atom stereocenters. The van der Waals surface area contributed by atoms with Gasteiger partial charge in [0.2, 0.25) is 0 Å². The molecular formula is C16H19N5. The van der Waals surface area contributed by atoms with Crippen LogP contribution in [0.2, 0.25) is 0 Å². The fourth-order valence-electron chi connectivity index (χ4n) is 2.21. The average molecular weight is 281 g/mol. The van der Waals surface area contributed by atoms with E-state index in [-0.39, 0.29) is 5.54 Å². The van der Waals surface area contributed by atoms with Gasteiger partial charge >= 0.3 is 0 Å². The van der Waals surface area contributed by atoms with Gasteiger partial charge in [0.15, 0.2) is 5.65 Å². The van der Waals surface area contributed by atoms with Gasteiger partial charge in [0.1, 0.15) is 12.1 Å². The van der Waals surface area contributed by atoms with Crippen molar-refractivity contribution in [2.75, 3.05) is 5.32 Å². The Balaban J connectivity index is 2.04. The Kier molecular flexibility index (Phi) is 3.12. The van der Waals surface area contributed by atoms with Crippen molar-refractivity contribution in [1.82, 2.24) is 19.7 Å². The van der Waals surface area contributed by atoms with Crippen LogP contribution in [0.15, 0.2) is 36.8 Å². The first-order chi connectivity index (χ1) is 9.95. The summed E-state index contributed by atoms with van der Waals surface area (Å²) in [5, 5.41) is 8.72. The lowest BCUT2D eigenvalue weighted by Gasteiger charge is -2.19. The molecule has 5 heteroatoms. The molecular weight excluding hydrogens is 262 g/mol. The van der Waals surface area contributed by atoms with Crippen LogP contribution in [0, 0.1) is 6.92 Å². The number of nitrogens with zero attached hydrogens (tertiary/aromatic N) is 4. The fraction of sp³-hybridized carbons (Fsp3) is 0.312. The van der Waals surface area contributed by atoms with Crippen molar-refractivity contribution < 1.29 is 0 Å². The minimum Gasteiger partial charge on any atom is -0.340 e. The zero-order chi connectivity index (χ0) is 15.0. The van der Waals surface area contributed by atoms with E-state index in [2.05, 4.69) is 60.2 Å². The van der Waals surface area contributed by atoms with E-state index < -0.39 is 0 Å². The lowest BCUT2D eigenvalue weighted by Crippen LogP contribution is -2.23. The number of rotatable bonds is 2. The van der Waals surface area contributed by atoms with Crippen LogP contribution in [-0.2, 0) is 5.54 Å². The van der Waals surface area contributed by atoms with Crippen LogP contribution in [0.3, 0.4) is 0 Å². The van der Waals surface area contributed by atoms with E-state index in [1.54, 1.807) is 6.33 Å². The van der Waals surface area contributed by atoms with Crippen molar-refractivity contribution in [3.05, 3.63) is 42.4 Å². The highest BCUT2D eigenvalue weighted by Crippen LogP contribution is 2.26. The zero-order valence-corrected chi connectivity index (χ0v) is 12.8. The van der Waals surface area contributed by atoms with Crippen molar-refractivity contribution in [2.24, 2.45) is 0 Å². The number of fused-ring (bicyclic) bond motifs is 1. The first-order valence-corrected chi connectivity index (χ1v) is 6.98. The molecule has 0 saturated heterocycles. The molecule has 5 nitrogen and oxygen atoms in total. The van der Waals surface area contributed by atoms with Gasteiger partial charge in [-0.2, -0.15) is 5.10 Å². The molecule has 0 aliphatic carbocycles. The molecule has 3 rings (SSSR count). The highest BCUT2D eigenvalue weighted by Gasteiger charge is 2.19. The van der Waals surface area contributed by atoms with E-state index in [0.717, 1.165) is 22.5 Å². The van der Waals surface area contributed by atoms with Crippen LogP contribution in [0.25, 0.3) is 11.0 Å². The molecule has 0 unspecified atom stereocenters. The maximum absolute atomic E-state index is 4.46. The van der Waals surface area contributed by atoms with Crippen molar-refractivity contribution >= 4 is 22.5 Å². The van der Waals surface area contributed by atoms with Crippen molar-refractivity contribution in [1.29, 1.82) is 0 Å². The third-order valence-electron chi connectivity index (χ3n) is 3.32. The molecule has 0 amide bonds. The van der Waals surface area contributed by atoms with Crippen LogP contribution >= 0.6 is 0 Å². The Labute approximate surface area is 124 Å². The normalized spacial score (nSPS) is 11.8. The molecule has 0 aliphatic rings. The van der Waals surface area contributed by atoms with Gasteiger partial charge in [-0.15, -0.1) is 0 Å². The third-order valence-corrected chi connectivity index (χ3v) is 3.32. The number of aromatic nitrogens is 4. The smallest absolute Gasteiger partial charge is 0.163 e. The van der Waals surface area contributed by atoms with Gasteiger partial charge in [0.25, 0.3) is 0 Å². The number of nitrogens with one attached hydrogen (secondary N) is 1. The summed E-state index contributed by atoms with van der Waals surface area (Å²) >= 11 is 0. The Bertz CT molecular complexity index is 765. The average Bonchev–Trinajstić information content (AvgIpc) is 2.86. The topological polar surface area (TPSA) is 55.6 Å². The highest BCUT2D eigenvalue weighted by atomic mass is 15.3. The fourth-order valence-corrected chi connectivity index (χ4v) is 2.21. The zero-order valence-electron chi connectivity index (χ0n) is 12.8. The second kappa shape index (κ2) is 4.84. The number of anilines is 2. The minimum atomic E-state index is -0.114. The van der Waals surface area contributed by atoms with Crippen LogP contribution in [0.4, 0.5) is 11.5 Å². The minimum absolute atomic E-state index is 0.114. The molecule has 1 aromatic carbocycles. The number of hydrogen-bond acceptors (Lipinski definition) is 4. The molecule has 2 heterocycles. The summed E-state index contributed by atoms with van der Waals surface area (Å²) in [7, 11) is 0. The largest absolute Gasteiger partial charge is 0.340 e. The summed E-state index contributed by atoms with van der Waals surface area (Å²) in [6, 6.07) is 8.22.